The van der Waals surface area contributed by atoms with Crippen LogP contribution in [0.3, 0.4) is 0 Å². The van der Waals surface area contributed by atoms with Gasteiger partial charge in [0.2, 0.25) is 29.5 Å². The number of ether oxygens (including phenoxy) is 2. The zero-order valence-electron chi connectivity index (χ0n) is 39.2. The molecule has 0 aromatic heterocycles. The lowest BCUT2D eigenvalue weighted by Crippen LogP contribution is -2.59. The molecule has 1 aromatic rings. The van der Waals surface area contributed by atoms with E-state index < -0.39 is 54.2 Å². The number of carbonyl (C=O) groups is 5. The van der Waals surface area contributed by atoms with E-state index in [1.807, 2.05) is 90.9 Å². The molecule has 1 aliphatic rings. The van der Waals surface area contributed by atoms with Crippen LogP contribution in [0.15, 0.2) is 66.5 Å². The molecule has 1 fully saturated rings. The van der Waals surface area contributed by atoms with Crippen LogP contribution in [0, 0.1) is 23.7 Å². The van der Waals surface area contributed by atoms with E-state index in [2.05, 4.69) is 22.5 Å². The average Bonchev–Trinajstić information content (AvgIpc) is 3.70. The van der Waals surface area contributed by atoms with Crippen LogP contribution < -0.4 is 21.7 Å². The van der Waals surface area contributed by atoms with Crippen molar-refractivity contribution in [2.45, 2.75) is 130 Å². The number of likely N-dealkylation sites (N-methyl/N-ethyl adjacent to an activating group) is 2. The maximum absolute atomic E-state index is 14.4. The number of nitrogens with zero attached hydrogens (tertiary/aromatic N) is 3. The molecule has 9 atom stereocenters. The van der Waals surface area contributed by atoms with Gasteiger partial charge in [-0.05, 0) is 75.4 Å². The molecular formula is C47H77N7O7. The van der Waals surface area contributed by atoms with Crippen molar-refractivity contribution < 1.29 is 33.4 Å². The Morgan fingerprint density at radius 2 is 1.56 bits per heavy atom. The zero-order valence-corrected chi connectivity index (χ0v) is 39.2. The highest BCUT2D eigenvalue weighted by Gasteiger charge is 2.43. The summed E-state index contributed by atoms with van der Waals surface area (Å²) < 4.78 is 12.1. The van der Waals surface area contributed by atoms with Crippen LogP contribution in [-0.4, -0.2) is 129 Å². The van der Waals surface area contributed by atoms with Gasteiger partial charge in [0.05, 0.1) is 42.7 Å². The number of nitrogens with one attached hydrogen (secondary N) is 3. The standard InChI is InChI=1S/C47H77N7O7/c1-15-31(7)42(53(12)47(59)40(29(3)4)51-46(58)41(30(5)6)52(10)11)38(60-13)28-39(55)54-26-20-23-37(54)43(61-14)33(9)44(56)50-36(27-34-21-18-17-19-22-34)45(57)49-32(8)24-25-35(48)16-2/h16-19,21-22,24-25,29-31,33,36-38,40-43H,2,15,20,23,26-28,48H2,1,3-14H3,(H,49,57)(H,50,56)(H,51,58)/b32-24+,35-25+/t31?,33?,36-,37?,38?,40-,41?,42?,43?/m0/s1. The molecule has 5 N–H and O–H groups in total. The Morgan fingerprint density at radius 3 is 2.08 bits per heavy atom. The van der Waals surface area contributed by atoms with E-state index in [9.17, 15) is 24.0 Å². The first-order valence-corrected chi connectivity index (χ1v) is 21.7. The quantitative estimate of drug-likeness (QED) is 0.110. The predicted octanol–water partition coefficient (Wildman–Crippen LogP) is 4.41. The topological polar surface area (TPSA) is 176 Å². The Balaban J connectivity index is 2.34. The van der Waals surface area contributed by atoms with Crippen LogP contribution in [-0.2, 0) is 39.9 Å². The molecule has 0 saturated carbocycles. The van der Waals surface area contributed by atoms with Gasteiger partial charge in [-0.1, -0.05) is 91.8 Å². The fourth-order valence-corrected chi connectivity index (χ4v) is 8.39. The number of nitrogens with two attached hydrogens (primary N) is 1. The van der Waals surface area contributed by atoms with Gasteiger partial charge in [-0.2, -0.15) is 0 Å². The normalized spacial score (nSPS) is 18.8. The third-order valence-electron chi connectivity index (χ3n) is 11.9. The fourth-order valence-electron chi connectivity index (χ4n) is 8.39. The van der Waals surface area contributed by atoms with Gasteiger partial charge < -0.3 is 41.0 Å². The van der Waals surface area contributed by atoms with E-state index in [0.29, 0.717) is 30.8 Å². The lowest BCUT2D eigenvalue weighted by Gasteiger charge is -2.41. The van der Waals surface area contributed by atoms with Crippen LogP contribution in [0.2, 0.25) is 0 Å². The zero-order chi connectivity index (χ0) is 46.1. The summed E-state index contributed by atoms with van der Waals surface area (Å²) in [4.78, 5) is 75.1. The first-order chi connectivity index (χ1) is 28.7. The summed E-state index contributed by atoms with van der Waals surface area (Å²) in [6.07, 6.45) is 5.74. The number of methoxy groups -OCH3 is 2. The number of carbonyl (C=O) groups excluding carboxylic acids is 5. The molecule has 61 heavy (non-hydrogen) atoms. The number of hydrogen-bond donors (Lipinski definition) is 4. The molecule has 7 unspecified atom stereocenters. The molecule has 1 aliphatic heterocycles. The summed E-state index contributed by atoms with van der Waals surface area (Å²) in [6, 6.07) is 6.43. The van der Waals surface area contributed by atoms with Crippen molar-refractivity contribution in [2.24, 2.45) is 29.4 Å². The SMILES string of the molecule is C=C/C(N)=C\C=C(/C)NC(=O)[C@H](Cc1ccccc1)NC(=O)C(C)C(OC)C1CCCN1C(=O)CC(OC)C(C(C)CC)N(C)C(=O)[C@@H](NC(=O)C(C(C)C)N(C)C)C(C)C. The third kappa shape index (κ3) is 15.1. The summed E-state index contributed by atoms with van der Waals surface area (Å²) in [5.74, 6) is -2.36. The Morgan fingerprint density at radius 1 is 0.918 bits per heavy atom. The van der Waals surface area contributed by atoms with Crippen molar-refractivity contribution in [1.29, 1.82) is 0 Å². The van der Waals surface area contributed by atoms with E-state index in [1.165, 1.54) is 13.2 Å². The second-order valence-corrected chi connectivity index (χ2v) is 17.4. The molecule has 14 heteroatoms. The van der Waals surface area contributed by atoms with Crippen molar-refractivity contribution in [3.8, 4) is 0 Å². The second kappa shape index (κ2) is 25.4. The smallest absolute Gasteiger partial charge is 0.247 e. The lowest BCUT2D eigenvalue weighted by molar-refractivity contribution is -0.148. The summed E-state index contributed by atoms with van der Waals surface area (Å²) in [7, 11) is 8.51. The van der Waals surface area contributed by atoms with Gasteiger partial charge in [0.25, 0.3) is 0 Å². The number of amides is 5. The van der Waals surface area contributed by atoms with Crippen molar-refractivity contribution in [3.63, 3.8) is 0 Å². The highest BCUT2D eigenvalue weighted by molar-refractivity contribution is 5.91. The maximum atomic E-state index is 14.4. The number of hydrogen-bond acceptors (Lipinski definition) is 9. The summed E-state index contributed by atoms with van der Waals surface area (Å²) in [5, 5.41) is 8.88. The Hall–Kier alpha value is -4.53. The summed E-state index contributed by atoms with van der Waals surface area (Å²) in [5.41, 5.74) is 7.68. The number of allylic oxidation sites excluding steroid dienone is 4. The van der Waals surface area contributed by atoms with Crippen LogP contribution in [0.4, 0.5) is 0 Å². The Bertz CT molecular complexity index is 1650. The number of likely N-dealkylation sites (tertiary alicyclic amines) is 1. The third-order valence-corrected chi connectivity index (χ3v) is 11.9. The van der Waals surface area contributed by atoms with E-state index >= 15 is 0 Å². The molecule has 0 aliphatic carbocycles. The summed E-state index contributed by atoms with van der Waals surface area (Å²) in [6.45, 7) is 19.4. The molecule has 0 bridgehead atoms. The minimum absolute atomic E-state index is 0.00871. The maximum Gasteiger partial charge on any atom is 0.247 e. The van der Waals surface area contributed by atoms with Crippen LogP contribution in [0.25, 0.3) is 0 Å². The molecule has 0 spiro atoms. The van der Waals surface area contributed by atoms with Gasteiger partial charge in [-0.3, -0.25) is 28.9 Å². The van der Waals surface area contributed by atoms with Crippen LogP contribution >= 0.6 is 0 Å². The van der Waals surface area contributed by atoms with Crippen molar-refractivity contribution in [1.82, 2.24) is 30.7 Å². The van der Waals surface area contributed by atoms with Crippen molar-refractivity contribution in [2.75, 3.05) is 41.9 Å². The molecule has 2 rings (SSSR count). The highest BCUT2D eigenvalue weighted by Crippen LogP contribution is 2.30. The largest absolute Gasteiger partial charge is 0.399 e. The van der Waals surface area contributed by atoms with E-state index in [4.69, 9.17) is 15.2 Å². The number of benzene rings is 1. The minimum Gasteiger partial charge on any atom is -0.399 e. The lowest BCUT2D eigenvalue weighted by atomic mass is 9.89. The second-order valence-electron chi connectivity index (χ2n) is 17.4. The van der Waals surface area contributed by atoms with Gasteiger partial charge >= 0.3 is 0 Å². The predicted molar refractivity (Wildman–Crippen MR) is 242 cm³/mol. The van der Waals surface area contributed by atoms with Gasteiger partial charge in [0, 0.05) is 45.6 Å². The van der Waals surface area contributed by atoms with E-state index in [-0.39, 0.29) is 54.2 Å². The van der Waals surface area contributed by atoms with Gasteiger partial charge in [-0.25, -0.2) is 0 Å². The Kier molecular flexibility index (Phi) is 21.9. The molecule has 1 saturated heterocycles. The molecular weight excluding hydrogens is 775 g/mol. The first-order valence-electron chi connectivity index (χ1n) is 21.7. The number of rotatable bonds is 24. The Labute approximate surface area is 366 Å². The average molecular weight is 852 g/mol. The van der Waals surface area contributed by atoms with Crippen molar-refractivity contribution >= 4 is 29.5 Å². The molecule has 5 amide bonds. The molecule has 1 heterocycles. The fraction of sp³-hybridized carbons (Fsp3) is 0.638. The van der Waals surface area contributed by atoms with E-state index in [1.54, 1.807) is 50.0 Å². The van der Waals surface area contributed by atoms with Gasteiger partial charge in [0.1, 0.15) is 12.1 Å². The monoisotopic (exact) mass is 852 g/mol. The highest BCUT2D eigenvalue weighted by atomic mass is 16.5. The van der Waals surface area contributed by atoms with Crippen LogP contribution in [0.5, 0.6) is 0 Å². The van der Waals surface area contributed by atoms with Gasteiger partial charge in [-0.15, -0.1) is 0 Å². The van der Waals surface area contributed by atoms with E-state index in [0.717, 1.165) is 12.0 Å². The molecule has 1 aromatic carbocycles. The van der Waals surface area contributed by atoms with Crippen LogP contribution in [0.1, 0.15) is 86.6 Å². The van der Waals surface area contributed by atoms with Crippen molar-refractivity contribution in [3.05, 3.63) is 72.1 Å². The van der Waals surface area contributed by atoms with Gasteiger partial charge in [0.15, 0.2) is 0 Å². The molecule has 342 valence electrons. The molecule has 14 nitrogen and oxygen atoms in total. The minimum atomic E-state index is -0.909. The first kappa shape index (κ1) is 52.6. The summed E-state index contributed by atoms with van der Waals surface area (Å²) >= 11 is 0. The molecule has 0 radical (unpaired) electrons.